The maximum atomic E-state index is 4.55. The van der Waals surface area contributed by atoms with Gasteiger partial charge in [0.1, 0.15) is 5.01 Å². The molecule has 0 radical (unpaired) electrons. The van der Waals surface area contributed by atoms with Crippen molar-refractivity contribution in [3.63, 3.8) is 0 Å². The number of hydrogen-bond donors (Lipinski definition) is 2. The lowest BCUT2D eigenvalue weighted by Crippen LogP contribution is -2.41. The van der Waals surface area contributed by atoms with Crippen LogP contribution < -0.4 is 5.32 Å². The molecule has 5 heteroatoms. The van der Waals surface area contributed by atoms with E-state index in [0.29, 0.717) is 6.04 Å². The molecule has 0 saturated carbocycles. The summed E-state index contributed by atoms with van der Waals surface area (Å²) in [5.41, 5.74) is 2.56. The second-order valence-corrected chi connectivity index (χ2v) is 7.73. The predicted molar refractivity (Wildman–Crippen MR) is 103 cm³/mol. The largest absolute Gasteiger partial charge is 0.360 e. The maximum absolute atomic E-state index is 4.55. The lowest BCUT2D eigenvalue weighted by atomic mass is 10.0. The summed E-state index contributed by atoms with van der Waals surface area (Å²) >= 11 is 1.77. The molecule has 0 unspecified atom stereocenters. The SMILES string of the molecule is c1ccc(CN2CCC(NCc3ncc(-c4ccc[nH]4)s3)CC2)cc1. The monoisotopic (exact) mass is 352 g/mol. The van der Waals surface area contributed by atoms with Gasteiger partial charge in [0.2, 0.25) is 0 Å². The lowest BCUT2D eigenvalue weighted by molar-refractivity contribution is 0.190. The van der Waals surface area contributed by atoms with Gasteiger partial charge in [-0.25, -0.2) is 4.98 Å². The third kappa shape index (κ3) is 4.37. The van der Waals surface area contributed by atoms with Crippen molar-refractivity contribution in [3.05, 3.63) is 65.4 Å². The van der Waals surface area contributed by atoms with E-state index >= 15 is 0 Å². The van der Waals surface area contributed by atoms with Crippen LogP contribution in [-0.2, 0) is 13.1 Å². The van der Waals surface area contributed by atoms with Crippen LogP contribution in [0.3, 0.4) is 0 Å². The third-order valence-electron chi connectivity index (χ3n) is 4.80. The molecule has 4 nitrogen and oxygen atoms in total. The Kier molecular flexibility index (Phi) is 5.25. The highest BCUT2D eigenvalue weighted by atomic mass is 32.1. The molecule has 25 heavy (non-hydrogen) atoms. The first-order chi connectivity index (χ1) is 12.4. The Balaban J connectivity index is 1.23. The number of rotatable bonds is 6. The summed E-state index contributed by atoms with van der Waals surface area (Å²) in [4.78, 5) is 11.6. The Labute approximate surface area is 152 Å². The van der Waals surface area contributed by atoms with Crippen molar-refractivity contribution in [1.29, 1.82) is 0 Å². The molecule has 0 spiro atoms. The van der Waals surface area contributed by atoms with Gasteiger partial charge in [-0.2, -0.15) is 0 Å². The number of aromatic amines is 1. The van der Waals surface area contributed by atoms with Crippen LogP contribution in [0.25, 0.3) is 10.6 Å². The van der Waals surface area contributed by atoms with Crippen LogP contribution in [0.2, 0.25) is 0 Å². The minimum Gasteiger partial charge on any atom is -0.360 e. The van der Waals surface area contributed by atoms with Crippen LogP contribution in [0.1, 0.15) is 23.4 Å². The van der Waals surface area contributed by atoms with Gasteiger partial charge in [0.05, 0.1) is 10.6 Å². The van der Waals surface area contributed by atoms with Crippen molar-refractivity contribution < 1.29 is 0 Å². The van der Waals surface area contributed by atoms with Crippen LogP contribution in [0.5, 0.6) is 0 Å². The number of H-pyrrole nitrogens is 1. The number of piperidine rings is 1. The van der Waals surface area contributed by atoms with Crippen molar-refractivity contribution >= 4 is 11.3 Å². The van der Waals surface area contributed by atoms with E-state index in [1.54, 1.807) is 11.3 Å². The quantitative estimate of drug-likeness (QED) is 0.707. The van der Waals surface area contributed by atoms with Gasteiger partial charge in [-0.15, -0.1) is 11.3 Å². The minimum atomic E-state index is 0.602. The Morgan fingerprint density at radius 1 is 1.12 bits per heavy atom. The van der Waals surface area contributed by atoms with Gasteiger partial charge < -0.3 is 10.3 Å². The van der Waals surface area contributed by atoms with Crippen LogP contribution in [0, 0.1) is 0 Å². The number of hydrogen-bond acceptors (Lipinski definition) is 4. The molecule has 4 rings (SSSR count). The van der Waals surface area contributed by atoms with Crippen molar-refractivity contribution in [3.8, 4) is 10.6 Å². The molecule has 1 aliphatic heterocycles. The molecular weight excluding hydrogens is 328 g/mol. The molecule has 130 valence electrons. The van der Waals surface area contributed by atoms with Crippen LogP contribution in [0.15, 0.2) is 54.9 Å². The van der Waals surface area contributed by atoms with E-state index < -0.39 is 0 Å². The number of nitrogens with zero attached hydrogens (tertiary/aromatic N) is 2. The third-order valence-corrected chi connectivity index (χ3v) is 5.83. The van der Waals surface area contributed by atoms with Gasteiger partial charge in [-0.1, -0.05) is 30.3 Å². The van der Waals surface area contributed by atoms with Crippen LogP contribution >= 0.6 is 11.3 Å². The van der Waals surface area contributed by atoms with Gasteiger partial charge in [-0.05, 0) is 43.6 Å². The lowest BCUT2D eigenvalue weighted by Gasteiger charge is -2.32. The van der Waals surface area contributed by atoms with Gasteiger partial charge in [0.15, 0.2) is 0 Å². The topological polar surface area (TPSA) is 44.0 Å². The second kappa shape index (κ2) is 7.95. The predicted octanol–water partition coefficient (Wildman–Crippen LogP) is 3.89. The average molecular weight is 353 g/mol. The summed E-state index contributed by atoms with van der Waals surface area (Å²) in [6.45, 7) is 4.27. The molecule has 1 saturated heterocycles. The van der Waals surface area contributed by atoms with Crippen LogP contribution in [0.4, 0.5) is 0 Å². The van der Waals surface area contributed by atoms with E-state index in [-0.39, 0.29) is 0 Å². The molecule has 0 amide bonds. The van der Waals surface area contributed by atoms with E-state index in [2.05, 4.69) is 56.6 Å². The van der Waals surface area contributed by atoms with E-state index in [9.17, 15) is 0 Å². The number of nitrogens with one attached hydrogen (secondary N) is 2. The summed E-state index contributed by atoms with van der Waals surface area (Å²) < 4.78 is 0. The van der Waals surface area contributed by atoms with Crippen molar-refractivity contribution in [2.45, 2.75) is 32.0 Å². The fourth-order valence-corrected chi connectivity index (χ4v) is 4.23. The molecule has 1 fully saturated rings. The molecule has 2 N–H and O–H groups in total. The maximum Gasteiger partial charge on any atom is 0.107 e. The van der Waals surface area contributed by atoms with Gasteiger partial charge in [-0.3, -0.25) is 4.90 Å². The summed E-state index contributed by atoms with van der Waals surface area (Å²) in [6.07, 6.45) is 6.34. The Morgan fingerprint density at radius 2 is 1.96 bits per heavy atom. The molecule has 0 bridgehead atoms. The zero-order valence-electron chi connectivity index (χ0n) is 14.3. The van der Waals surface area contributed by atoms with E-state index in [4.69, 9.17) is 0 Å². The molecule has 0 aliphatic carbocycles. The van der Waals surface area contributed by atoms with Crippen LogP contribution in [-0.4, -0.2) is 34.0 Å². The fraction of sp³-hybridized carbons (Fsp3) is 0.350. The fourth-order valence-electron chi connectivity index (χ4n) is 3.37. The average Bonchev–Trinajstić information content (AvgIpc) is 3.34. The zero-order chi connectivity index (χ0) is 16.9. The van der Waals surface area contributed by atoms with Gasteiger partial charge in [0.25, 0.3) is 0 Å². The Bertz CT molecular complexity index is 758. The van der Waals surface area contributed by atoms with Crippen molar-refractivity contribution in [1.82, 2.24) is 20.2 Å². The summed E-state index contributed by atoms with van der Waals surface area (Å²) in [6, 6.07) is 15.5. The highest BCUT2D eigenvalue weighted by Gasteiger charge is 2.19. The summed E-state index contributed by atoms with van der Waals surface area (Å²) in [5, 5.41) is 4.86. The standard InChI is InChI=1S/C20H24N4S/c1-2-5-16(6-3-1)15-24-11-8-17(9-12-24)22-14-20-23-13-19(25-20)18-7-4-10-21-18/h1-7,10,13,17,21-22H,8-9,11-12,14-15H2. The van der Waals surface area contributed by atoms with Crippen molar-refractivity contribution in [2.24, 2.45) is 0 Å². The van der Waals surface area contributed by atoms with Crippen molar-refractivity contribution in [2.75, 3.05) is 13.1 Å². The molecule has 1 aromatic carbocycles. The molecule has 2 aromatic heterocycles. The van der Waals surface area contributed by atoms with E-state index in [0.717, 1.165) is 36.9 Å². The number of thiazole rings is 1. The molecule has 3 aromatic rings. The molecule has 3 heterocycles. The number of aromatic nitrogens is 2. The Hall–Kier alpha value is -1.95. The van der Waals surface area contributed by atoms with Gasteiger partial charge >= 0.3 is 0 Å². The smallest absolute Gasteiger partial charge is 0.107 e. The highest BCUT2D eigenvalue weighted by Crippen LogP contribution is 2.24. The first kappa shape index (κ1) is 16.5. The second-order valence-electron chi connectivity index (χ2n) is 6.62. The first-order valence-corrected chi connectivity index (χ1v) is 9.76. The summed E-state index contributed by atoms with van der Waals surface area (Å²) in [5.74, 6) is 0. The van der Waals surface area contributed by atoms with E-state index in [1.165, 1.54) is 23.3 Å². The van der Waals surface area contributed by atoms with Gasteiger partial charge in [0, 0.05) is 31.5 Å². The molecular formula is C20H24N4S. The minimum absolute atomic E-state index is 0.602. The number of likely N-dealkylation sites (tertiary alicyclic amines) is 1. The highest BCUT2D eigenvalue weighted by molar-refractivity contribution is 7.15. The Morgan fingerprint density at radius 3 is 2.72 bits per heavy atom. The molecule has 1 aliphatic rings. The molecule has 0 atom stereocenters. The summed E-state index contributed by atoms with van der Waals surface area (Å²) in [7, 11) is 0. The normalized spacial score (nSPS) is 16.3. The van der Waals surface area contributed by atoms with E-state index in [1.807, 2.05) is 18.5 Å². The zero-order valence-corrected chi connectivity index (χ0v) is 15.1. The first-order valence-electron chi connectivity index (χ1n) is 8.95. The number of benzene rings is 1.